The van der Waals surface area contributed by atoms with E-state index in [1.54, 1.807) is 4.99 Å². The molecule has 0 radical (unpaired) electrons. The lowest BCUT2D eigenvalue weighted by atomic mass is 10.7. The first-order valence-electron chi connectivity index (χ1n) is 3.19. The van der Waals surface area contributed by atoms with Gasteiger partial charge < -0.3 is 29.3 Å². The van der Waals surface area contributed by atoms with Gasteiger partial charge in [-0.3, -0.25) is 0 Å². The molecule has 0 saturated carbocycles. The van der Waals surface area contributed by atoms with Crippen molar-refractivity contribution in [1.29, 1.82) is 0 Å². The molecule has 9 heavy (non-hydrogen) atoms. The number of rotatable bonds is 1. The predicted octanol–water partition coefficient (Wildman–Crippen LogP) is -2.99. The summed E-state index contributed by atoms with van der Waals surface area (Å²) in [6.07, 6.45) is 0. The van der Waals surface area contributed by atoms with Crippen LogP contribution >= 0.6 is 10.5 Å². The van der Waals surface area contributed by atoms with Crippen LogP contribution in [0.25, 0.3) is 0 Å². The molecule has 0 aromatic carbocycles. The third-order valence-corrected chi connectivity index (χ3v) is 4.10. The Hall–Kier alpha value is 0.910. The molecule has 0 spiro atoms. The lowest BCUT2D eigenvalue weighted by molar-refractivity contribution is -0.528. The number of halogens is 1. The van der Waals surface area contributed by atoms with Gasteiger partial charge in [0.1, 0.15) is 4.99 Å². The fraction of sp³-hybridized carbons (Fsp3) is 0.833. The van der Waals surface area contributed by atoms with Crippen molar-refractivity contribution in [3.05, 3.63) is 0 Å². The van der Waals surface area contributed by atoms with Crippen LogP contribution in [0.4, 0.5) is 0 Å². The van der Waals surface area contributed by atoms with Crippen molar-refractivity contribution in [2.24, 2.45) is 0 Å². The molecule has 1 rings (SSSR count). The lowest BCUT2D eigenvalue weighted by Crippen LogP contribution is -3.00. The van der Waals surface area contributed by atoms with Crippen LogP contribution in [0.2, 0.25) is 0 Å². The maximum absolute atomic E-state index is 2.38. The topological polar surface area (TPSA) is 16.6 Å². The molecule has 1 unspecified atom stereocenters. The summed E-state index contributed by atoms with van der Waals surface area (Å²) in [6.45, 7) is 5.88. The van der Waals surface area contributed by atoms with Crippen LogP contribution in [0, 0.1) is 0 Å². The lowest BCUT2D eigenvalue weighted by Gasteiger charge is -1.92. The molecule has 0 aliphatic carbocycles. The maximum Gasteiger partial charge on any atom is 0.127 e. The van der Waals surface area contributed by atoms with E-state index in [0.717, 1.165) is 0 Å². The second-order valence-electron chi connectivity index (χ2n) is 2.09. The van der Waals surface area contributed by atoms with Gasteiger partial charge in [0.2, 0.25) is 0 Å². The molecular formula is C6H14INS. The van der Waals surface area contributed by atoms with E-state index in [0.29, 0.717) is 10.5 Å². The predicted molar refractivity (Wildman–Crippen MR) is 40.5 cm³/mol. The van der Waals surface area contributed by atoms with Gasteiger partial charge >= 0.3 is 0 Å². The van der Waals surface area contributed by atoms with E-state index in [9.17, 15) is 0 Å². The average molecular weight is 259 g/mol. The number of quaternary nitrogens is 1. The minimum atomic E-state index is 0. The van der Waals surface area contributed by atoms with E-state index in [-0.39, 0.29) is 24.0 Å². The van der Waals surface area contributed by atoms with E-state index >= 15 is 0 Å². The first-order valence-corrected chi connectivity index (χ1v) is 4.75. The molecule has 0 fully saturated rings. The van der Waals surface area contributed by atoms with Gasteiger partial charge in [-0.1, -0.05) is 6.92 Å². The molecule has 2 N–H and O–H groups in total. The van der Waals surface area contributed by atoms with Crippen LogP contribution in [-0.4, -0.2) is 23.0 Å². The summed E-state index contributed by atoms with van der Waals surface area (Å²) in [5, 5.41) is 2.38. The largest absolute Gasteiger partial charge is 1.00 e. The van der Waals surface area contributed by atoms with Gasteiger partial charge in [0.15, 0.2) is 0 Å². The fourth-order valence-corrected chi connectivity index (χ4v) is 2.88. The van der Waals surface area contributed by atoms with Crippen molar-refractivity contribution in [3.8, 4) is 0 Å². The molecule has 1 atom stereocenters. The van der Waals surface area contributed by atoms with Crippen LogP contribution in [0.3, 0.4) is 0 Å². The van der Waals surface area contributed by atoms with Gasteiger partial charge in [-0.25, -0.2) is 0 Å². The highest BCUT2D eigenvalue weighted by molar-refractivity contribution is 8.15. The van der Waals surface area contributed by atoms with Crippen molar-refractivity contribution in [2.45, 2.75) is 13.8 Å². The zero-order valence-electron chi connectivity index (χ0n) is 5.98. The molecule has 1 aliphatic heterocycles. The first kappa shape index (κ1) is 9.91. The van der Waals surface area contributed by atoms with Crippen molar-refractivity contribution >= 4 is 15.5 Å². The number of hydrogen-bond donors (Lipinski definition) is 1. The Labute approximate surface area is 76.5 Å². The Morgan fingerprint density at radius 1 is 1.67 bits per heavy atom. The van der Waals surface area contributed by atoms with Crippen molar-refractivity contribution in [3.63, 3.8) is 0 Å². The highest BCUT2D eigenvalue weighted by Gasteiger charge is 2.09. The van der Waals surface area contributed by atoms with Gasteiger partial charge in [-0.2, -0.15) is 0 Å². The summed E-state index contributed by atoms with van der Waals surface area (Å²) in [6, 6.07) is 0. The van der Waals surface area contributed by atoms with Crippen molar-refractivity contribution in [2.75, 3.05) is 18.1 Å². The van der Waals surface area contributed by atoms with E-state index in [1.807, 2.05) is 0 Å². The smallest absolute Gasteiger partial charge is 0.127 e. The summed E-state index contributed by atoms with van der Waals surface area (Å²) < 4.78 is 0. The molecule has 1 nitrogen and oxygen atoms in total. The summed E-state index contributed by atoms with van der Waals surface area (Å²) in [5.74, 6) is 2.80. The molecule has 0 bridgehead atoms. The average Bonchev–Trinajstić information content (AvgIpc) is 2.14. The molecule has 0 saturated heterocycles. The van der Waals surface area contributed by atoms with Crippen LogP contribution in [-0.2, 0) is 0 Å². The third-order valence-electron chi connectivity index (χ3n) is 1.60. The van der Waals surface area contributed by atoms with Gasteiger partial charge in [-0.15, -0.1) is 10.5 Å². The Morgan fingerprint density at radius 3 is 2.56 bits per heavy atom. The molecule has 3 heteroatoms. The van der Waals surface area contributed by atoms with Crippen LogP contribution < -0.4 is 29.3 Å². The summed E-state index contributed by atoms with van der Waals surface area (Å²) in [4.78, 5) is 1.65. The minimum Gasteiger partial charge on any atom is -1.00 e. The number of hydrogen-bond acceptors (Lipinski definition) is 0. The monoisotopic (exact) mass is 259 g/mol. The van der Waals surface area contributed by atoms with E-state index in [1.165, 1.54) is 18.1 Å². The van der Waals surface area contributed by atoms with Crippen LogP contribution in [0.5, 0.6) is 0 Å². The maximum atomic E-state index is 2.38. The zero-order chi connectivity index (χ0) is 5.98. The SMILES string of the molecule is CCS1=C(C)[NH2+]CC1.[I-]. The third kappa shape index (κ3) is 2.55. The second-order valence-corrected chi connectivity index (χ2v) is 4.70. The van der Waals surface area contributed by atoms with Crippen LogP contribution in [0.15, 0.2) is 0 Å². The molecule has 1 aliphatic rings. The second kappa shape index (κ2) is 4.68. The normalized spacial score (nSPS) is 26.0. The standard InChI is InChI=1S/C6H13NS.HI/c1-3-8-5-4-7-6(8)2;/h7H,3-5H2,1-2H3;1H. The number of nitrogens with two attached hydrogens (primary N) is 1. The van der Waals surface area contributed by atoms with Gasteiger partial charge in [-0.05, 0) is 5.75 Å². The quantitative estimate of drug-likeness (QED) is 0.382. The van der Waals surface area contributed by atoms with Gasteiger partial charge in [0.05, 0.1) is 6.54 Å². The minimum absolute atomic E-state index is 0. The molecule has 0 aromatic heterocycles. The molecular weight excluding hydrogens is 245 g/mol. The summed E-state index contributed by atoms with van der Waals surface area (Å²) in [7, 11) is 0.682. The molecule has 0 amide bonds. The first-order chi connectivity index (χ1) is 3.84. The zero-order valence-corrected chi connectivity index (χ0v) is 8.96. The summed E-state index contributed by atoms with van der Waals surface area (Å²) >= 11 is 0. The Bertz CT molecular complexity index is 122. The van der Waals surface area contributed by atoms with Gasteiger partial charge in [0, 0.05) is 12.7 Å². The Kier molecular flexibility index (Phi) is 5.16. The highest BCUT2D eigenvalue weighted by Crippen LogP contribution is 2.12. The molecule has 56 valence electrons. The van der Waals surface area contributed by atoms with Crippen molar-refractivity contribution in [1.82, 2.24) is 0 Å². The van der Waals surface area contributed by atoms with Gasteiger partial charge in [0.25, 0.3) is 0 Å². The van der Waals surface area contributed by atoms with E-state index < -0.39 is 0 Å². The highest BCUT2D eigenvalue weighted by atomic mass is 127. The van der Waals surface area contributed by atoms with E-state index in [2.05, 4.69) is 19.2 Å². The summed E-state index contributed by atoms with van der Waals surface area (Å²) in [5.41, 5.74) is 0. The molecule has 0 aromatic rings. The Balaban J connectivity index is 0.000000640. The van der Waals surface area contributed by atoms with Crippen molar-refractivity contribution < 1.29 is 29.3 Å². The Morgan fingerprint density at radius 2 is 2.33 bits per heavy atom. The molecule has 1 heterocycles. The van der Waals surface area contributed by atoms with Crippen LogP contribution in [0.1, 0.15) is 13.8 Å². The van der Waals surface area contributed by atoms with E-state index in [4.69, 9.17) is 0 Å². The fourth-order valence-electron chi connectivity index (χ4n) is 1.06.